The van der Waals surface area contributed by atoms with Crippen LogP contribution in [0.4, 0.5) is 10.1 Å². The molecule has 2 rings (SSSR count). The third-order valence-corrected chi connectivity index (χ3v) is 3.95. The summed E-state index contributed by atoms with van der Waals surface area (Å²) in [4.78, 5) is 36.9. The maximum atomic E-state index is 12.9. The Balaban J connectivity index is 1.91. The first kappa shape index (κ1) is 20.1. The highest BCUT2D eigenvalue weighted by molar-refractivity contribution is 5.94. The molecule has 27 heavy (non-hydrogen) atoms. The number of hydrogen-bond donors (Lipinski definition) is 1. The average molecular weight is 372 g/mol. The van der Waals surface area contributed by atoms with Crippen molar-refractivity contribution in [2.24, 2.45) is 0 Å². The molecule has 7 heteroatoms. The zero-order valence-corrected chi connectivity index (χ0v) is 15.2. The molecule has 142 valence electrons. The van der Waals surface area contributed by atoms with Crippen molar-refractivity contribution in [2.75, 3.05) is 18.6 Å². The minimum Gasteiger partial charge on any atom is -0.465 e. The molecule has 0 atom stereocenters. The van der Waals surface area contributed by atoms with E-state index in [1.54, 1.807) is 36.4 Å². The van der Waals surface area contributed by atoms with Gasteiger partial charge >= 0.3 is 5.97 Å². The molecule has 2 aromatic carbocycles. The van der Waals surface area contributed by atoms with E-state index in [2.05, 4.69) is 10.1 Å². The highest BCUT2D eigenvalue weighted by Crippen LogP contribution is 2.16. The zero-order chi connectivity index (χ0) is 19.8. The molecule has 0 saturated carbocycles. The maximum Gasteiger partial charge on any atom is 0.337 e. The second-order valence-electron chi connectivity index (χ2n) is 5.86. The van der Waals surface area contributed by atoms with Crippen molar-refractivity contribution < 1.29 is 23.5 Å². The van der Waals surface area contributed by atoms with E-state index in [1.165, 1.54) is 31.1 Å². The van der Waals surface area contributed by atoms with Crippen LogP contribution in [0.2, 0.25) is 0 Å². The van der Waals surface area contributed by atoms with Gasteiger partial charge in [0.05, 0.1) is 12.7 Å². The van der Waals surface area contributed by atoms with Gasteiger partial charge in [-0.05, 0) is 42.0 Å². The predicted molar refractivity (Wildman–Crippen MR) is 98.7 cm³/mol. The largest absolute Gasteiger partial charge is 0.465 e. The Morgan fingerprint density at radius 3 is 2.22 bits per heavy atom. The van der Waals surface area contributed by atoms with Crippen molar-refractivity contribution in [3.63, 3.8) is 0 Å². The van der Waals surface area contributed by atoms with Crippen LogP contribution in [0.1, 0.15) is 29.3 Å². The van der Waals surface area contributed by atoms with E-state index < -0.39 is 5.97 Å². The molecule has 0 aliphatic heterocycles. The first-order valence-electron chi connectivity index (χ1n) is 8.38. The molecular formula is C20H21FN2O4. The Labute approximate surface area is 156 Å². The van der Waals surface area contributed by atoms with E-state index in [4.69, 9.17) is 0 Å². The Morgan fingerprint density at radius 2 is 1.67 bits per heavy atom. The van der Waals surface area contributed by atoms with Crippen LogP contribution in [0, 0.1) is 5.82 Å². The van der Waals surface area contributed by atoms with Gasteiger partial charge in [0, 0.05) is 32.1 Å². The van der Waals surface area contributed by atoms with Crippen molar-refractivity contribution in [1.29, 1.82) is 0 Å². The highest BCUT2D eigenvalue weighted by Gasteiger charge is 2.14. The summed E-state index contributed by atoms with van der Waals surface area (Å²) in [7, 11) is 1.29. The lowest BCUT2D eigenvalue weighted by atomic mass is 10.2. The molecule has 0 aliphatic rings. The molecule has 0 radical (unpaired) electrons. The number of halogens is 1. The van der Waals surface area contributed by atoms with Crippen molar-refractivity contribution in [3.05, 3.63) is 65.5 Å². The normalized spacial score (nSPS) is 10.2. The SMILES string of the molecule is COC(=O)c1ccc(N(CCC(=O)NCc2ccc(F)cc2)C(C)=O)cc1. The maximum absolute atomic E-state index is 12.9. The summed E-state index contributed by atoms with van der Waals surface area (Å²) in [6.07, 6.45) is 0.111. The lowest BCUT2D eigenvalue weighted by molar-refractivity contribution is -0.121. The van der Waals surface area contributed by atoms with Gasteiger partial charge in [-0.2, -0.15) is 0 Å². The fraction of sp³-hybridized carbons (Fsp3) is 0.250. The second kappa shape index (κ2) is 9.47. The van der Waals surface area contributed by atoms with E-state index in [1.807, 2.05) is 0 Å². The summed E-state index contributed by atoms with van der Waals surface area (Å²) in [5.74, 6) is -1.24. The Kier molecular flexibility index (Phi) is 7.05. The topological polar surface area (TPSA) is 75.7 Å². The third kappa shape index (κ3) is 5.91. The van der Waals surface area contributed by atoms with E-state index in [0.717, 1.165) is 5.56 Å². The first-order chi connectivity index (χ1) is 12.9. The number of esters is 1. The van der Waals surface area contributed by atoms with E-state index in [-0.39, 0.29) is 37.1 Å². The number of methoxy groups -OCH3 is 1. The summed E-state index contributed by atoms with van der Waals surface area (Å²) in [6, 6.07) is 12.2. The molecule has 0 heterocycles. The number of carbonyl (C=O) groups is 3. The molecule has 0 bridgehead atoms. The first-order valence-corrected chi connectivity index (χ1v) is 8.38. The highest BCUT2D eigenvalue weighted by atomic mass is 19.1. The fourth-order valence-electron chi connectivity index (χ4n) is 2.47. The summed E-state index contributed by atoms with van der Waals surface area (Å²) >= 11 is 0. The Morgan fingerprint density at radius 1 is 1.04 bits per heavy atom. The summed E-state index contributed by atoms with van der Waals surface area (Å²) in [5.41, 5.74) is 1.75. The van der Waals surface area contributed by atoms with Gasteiger partial charge in [-0.1, -0.05) is 12.1 Å². The van der Waals surface area contributed by atoms with E-state index in [9.17, 15) is 18.8 Å². The fourth-order valence-corrected chi connectivity index (χ4v) is 2.47. The van der Waals surface area contributed by atoms with Gasteiger partial charge in [-0.3, -0.25) is 9.59 Å². The lowest BCUT2D eigenvalue weighted by Gasteiger charge is -2.21. The molecule has 2 aromatic rings. The van der Waals surface area contributed by atoms with Gasteiger partial charge in [0.15, 0.2) is 0 Å². The lowest BCUT2D eigenvalue weighted by Crippen LogP contribution is -2.33. The summed E-state index contributed by atoms with van der Waals surface area (Å²) in [6.45, 7) is 1.89. The number of hydrogen-bond acceptors (Lipinski definition) is 4. The quantitative estimate of drug-likeness (QED) is 0.758. The van der Waals surface area contributed by atoms with Crippen LogP contribution in [0.5, 0.6) is 0 Å². The predicted octanol–water partition coefficient (Wildman–Crippen LogP) is 2.67. The van der Waals surface area contributed by atoms with Crippen LogP contribution in [0.25, 0.3) is 0 Å². The number of carbonyl (C=O) groups excluding carboxylic acids is 3. The van der Waals surface area contributed by atoms with Crippen LogP contribution in [-0.4, -0.2) is 31.4 Å². The van der Waals surface area contributed by atoms with Gasteiger partial charge in [-0.25, -0.2) is 9.18 Å². The third-order valence-electron chi connectivity index (χ3n) is 3.95. The minimum atomic E-state index is -0.462. The average Bonchev–Trinajstić information content (AvgIpc) is 2.67. The molecule has 0 aliphatic carbocycles. The minimum absolute atomic E-state index is 0.111. The summed E-state index contributed by atoms with van der Waals surface area (Å²) in [5, 5.41) is 2.74. The van der Waals surface area contributed by atoms with Gasteiger partial charge in [0.25, 0.3) is 0 Å². The number of rotatable bonds is 7. The number of amides is 2. The second-order valence-corrected chi connectivity index (χ2v) is 5.86. The molecule has 0 unspecified atom stereocenters. The van der Waals surface area contributed by atoms with Crippen molar-refractivity contribution in [3.8, 4) is 0 Å². The number of nitrogens with zero attached hydrogens (tertiary/aromatic N) is 1. The molecule has 0 spiro atoms. The Hall–Kier alpha value is -3.22. The number of benzene rings is 2. The van der Waals surface area contributed by atoms with Gasteiger partial charge in [0.1, 0.15) is 5.82 Å². The Bertz CT molecular complexity index is 804. The number of nitrogens with one attached hydrogen (secondary N) is 1. The van der Waals surface area contributed by atoms with Crippen LogP contribution in [0.15, 0.2) is 48.5 Å². The van der Waals surface area contributed by atoms with E-state index >= 15 is 0 Å². The molecule has 1 N–H and O–H groups in total. The molecule has 2 amide bonds. The van der Waals surface area contributed by atoms with Crippen molar-refractivity contribution in [2.45, 2.75) is 19.9 Å². The number of anilines is 1. The molecule has 0 aromatic heterocycles. The van der Waals surface area contributed by atoms with E-state index in [0.29, 0.717) is 11.3 Å². The molecule has 0 fully saturated rings. The molecular weight excluding hydrogens is 351 g/mol. The summed E-state index contributed by atoms with van der Waals surface area (Å²) < 4.78 is 17.5. The van der Waals surface area contributed by atoms with Crippen LogP contribution in [-0.2, 0) is 20.9 Å². The monoisotopic (exact) mass is 372 g/mol. The van der Waals surface area contributed by atoms with Crippen LogP contribution >= 0.6 is 0 Å². The van der Waals surface area contributed by atoms with Gasteiger partial charge in [-0.15, -0.1) is 0 Å². The van der Waals surface area contributed by atoms with Crippen molar-refractivity contribution in [1.82, 2.24) is 5.32 Å². The van der Waals surface area contributed by atoms with Gasteiger partial charge < -0.3 is 15.0 Å². The van der Waals surface area contributed by atoms with Crippen LogP contribution in [0.3, 0.4) is 0 Å². The van der Waals surface area contributed by atoms with Gasteiger partial charge in [0.2, 0.25) is 11.8 Å². The number of ether oxygens (including phenoxy) is 1. The van der Waals surface area contributed by atoms with Crippen LogP contribution < -0.4 is 10.2 Å². The standard InChI is InChI=1S/C20H21FN2O4/c1-14(24)23(18-9-5-16(6-10-18)20(26)27-2)12-11-19(25)22-13-15-3-7-17(21)8-4-15/h3-10H,11-13H2,1-2H3,(H,22,25). The smallest absolute Gasteiger partial charge is 0.337 e. The van der Waals surface area contributed by atoms with Crippen molar-refractivity contribution >= 4 is 23.5 Å². The molecule has 0 saturated heterocycles. The molecule has 6 nitrogen and oxygen atoms in total. The zero-order valence-electron chi connectivity index (χ0n) is 15.2.